The van der Waals surface area contributed by atoms with Crippen LogP contribution in [0.15, 0.2) is 53.7 Å². The molecule has 1 aliphatic heterocycles. The zero-order valence-electron chi connectivity index (χ0n) is 16.9. The van der Waals surface area contributed by atoms with E-state index in [0.717, 1.165) is 25.6 Å². The Bertz CT molecular complexity index is 715. The van der Waals surface area contributed by atoms with Crippen LogP contribution in [0.25, 0.3) is 0 Å². The Labute approximate surface area is 163 Å². The number of aliphatic imine (C=N–C) groups is 1. The molecule has 0 spiro atoms. The van der Waals surface area contributed by atoms with Crippen LogP contribution in [0, 0.1) is 0 Å². The first-order valence-electron chi connectivity index (χ1n) is 10.1. The molecule has 27 heavy (non-hydrogen) atoms. The van der Waals surface area contributed by atoms with Crippen LogP contribution in [-0.2, 0) is 13.6 Å². The first-order chi connectivity index (χ1) is 13.2. The van der Waals surface area contributed by atoms with E-state index in [0.29, 0.717) is 6.04 Å². The van der Waals surface area contributed by atoms with Gasteiger partial charge in [0.05, 0.1) is 19.1 Å². The molecule has 1 aliphatic rings. The van der Waals surface area contributed by atoms with Crippen molar-refractivity contribution in [1.82, 2.24) is 19.7 Å². The van der Waals surface area contributed by atoms with E-state index in [1.54, 1.807) is 0 Å². The molecule has 5 heteroatoms. The summed E-state index contributed by atoms with van der Waals surface area (Å²) in [5.41, 5.74) is 2.64. The Hall–Kier alpha value is -2.27. The summed E-state index contributed by atoms with van der Waals surface area (Å²) in [6, 6.07) is 15.4. The van der Waals surface area contributed by atoms with Crippen molar-refractivity contribution in [3.05, 3.63) is 59.9 Å². The highest BCUT2D eigenvalue weighted by Gasteiger charge is 2.23. The van der Waals surface area contributed by atoms with Crippen LogP contribution in [0.3, 0.4) is 0 Å². The third-order valence-corrected chi connectivity index (χ3v) is 5.33. The SMILES string of the molecule is CCNC(=NCC(c1ccccc1)N1CCCC1)N(C)Cc1cccn1C. The van der Waals surface area contributed by atoms with E-state index in [1.807, 2.05) is 0 Å². The van der Waals surface area contributed by atoms with Gasteiger partial charge in [-0.3, -0.25) is 9.89 Å². The van der Waals surface area contributed by atoms with Crippen LogP contribution in [0.5, 0.6) is 0 Å². The molecule has 2 aromatic rings. The maximum Gasteiger partial charge on any atom is 0.194 e. The molecule has 1 unspecified atom stereocenters. The monoisotopic (exact) mass is 367 g/mol. The predicted molar refractivity (Wildman–Crippen MR) is 113 cm³/mol. The van der Waals surface area contributed by atoms with E-state index >= 15 is 0 Å². The van der Waals surface area contributed by atoms with Crippen LogP contribution >= 0.6 is 0 Å². The van der Waals surface area contributed by atoms with Crippen molar-refractivity contribution in [3.63, 3.8) is 0 Å². The molecule has 3 rings (SSSR count). The lowest BCUT2D eigenvalue weighted by atomic mass is 10.1. The molecule has 1 saturated heterocycles. The number of aromatic nitrogens is 1. The van der Waals surface area contributed by atoms with Crippen molar-refractivity contribution in [2.45, 2.75) is 32.4 Å². The number of nitrogens with one attached hydrogen (secondary N) is 1. The fourth-order valence-electron chi connectivity index (χ4n) is 3.78. The summed E-state index contributed by atoms with van der Waals surface area (Å²) in [7, 11) is 4.20. The molecule has 1 fully saturated rings. The second-order valence-electron chi connectivity index (χ2n) is 7.33. The fourth-order valence-corrected chi connectivity index (χ4v) is 3.78. The highest BCUT2D eigenvalue weighted by molar-refractivity contribution is 5.79. The predicted octanol–water partition coefficient (Wildman–Crippen LogP) is 3.26. The van der Waals surface area contributed by atoms with Gasteiger partial charge in [-0.1, -0.05) is 30.3 Å². The number of aryl methyl sites for hydroxylation is 1. The molecule has 1 aromatic heterocycles. The molecule has 0 saturated carbocycles. The average molecular weight is 368 g/mol. The van der Waals surface area contributed by atoms with Crippen molar-refractivity contribution in [2.75, 3.05) is 33.2 Å². The minimum absolute atomic E-state index is 0.353. The van der Waals surface area contributed by atoms with Gasteiger partial charge in [-0.05, 0) is 50.6 Å². The third kappa shape index (κ3) is 5.13. The zero-order valence-corrected chi connectivity index (χ0v) is 16.9. The quantitative estimate of drug-likeness (QED) is 0.603. The molecular weight excluding hydrogens is 334 g/mol. The Kier molecular flexibility index (Phi) is 6.93. The van der Waals surface area contributed by atoms with E-state index in [2.05, 4.69) is 89.4 Å². The lowest BCUT2D eigenvalue weighted by Gasteiger charge is -2.28. The van der Waals surface area contributed by atoms with Gasteiger partial charge in [-0.25, -0.2) is 0 Å². The van der Waals surface area contributed by atoms with E-state index in [4.69, 9.17) is 4.99 Å². The minimum Gasteiger partial charge on any atom is -0.357 e. The first kappa shape index (κ1) is 19.5. The number of likely N-dealkylation sites (tertiary alicyclic amines) is 1. The summed E-state index contributed by atoms with van der Waals surface area (Å²) in [4.78, 5) is 9.82. The first-order valence-corrected chi connectivity index (χ1v) is 10.1. The van der Waals surface area contributed by atoms with Crippen molar-refractivity contribution in [1.29, 1.82) is 0 Å². The van der Waals surface area contributed by atoms with Gasteiger partial charge in [-0.2, -0.15) is 0 Å². The van der Waals surface area contributed by atoms with Crippen molar-refractivity contribution >= 4 is 5.96 Å². The second kappa shape index (κ2) is 9.60. The Balaban J connectivity index is 1.75. The number of hydrogen-bond donors (Lipinski definition) is 1. The Morgan fingerprint density at radius 1 is 1.15 bits per heavy atom. The smallest absolute Gasteiger partial charge is 0.194 e. The van der Waals surface area contributed by atoms with E-state index in [1.165, 1.54) is 37.2 Å². The molecule has 1 atom stereocenters. The maximum atomic E-state index is 5.03. The normalized spacial score (nSPS) is 16.5. The molecule has 0 bridgehead atoms. The van der Waals surface area contributed by atoms with E-state index < -0.39 is 0 Å². The number of guanidine groups is 1. The van der Waals surface area contributed by atoms with Crippen LogP contribution < -0.4 is 5.32 Å². The lowest BCUT2D eigenvalue weighted by molar-refractivity contribution is 0.251. The molecule has 0 amide bonds. The summed E-state index contributed by atoms with van der Waals surface area (Å²) in [5, 5.41) is 3.46. The van der Waals surface area contributed by atoms with E-state index in [9.17, 15) is 0 Å². The Morgan fingerprint density at radius 2 is 1.89 bits per heavy atom. The van der Waals surface area contributed by atoms with Crippen LogP contribution in [0.4, 0.5) is 0 Å². The van der Waals surface area contributed by atoms with Gasteiger partial charge in [-0.15, -0.1) is 0 Å². The zero-order chi connectivity index (χ0) is 19.1. The van der Waals surface area contributed by atoms with Gasteiger partial charge in [0.2, 0.25) is 0 Å². The van der Waals surface area contributed by atoms with E-state index in [-0.39, 0.29) is 0 Å². The number of hydrogen-bond acceptors (Lipinski definition) is 2. The number of benzene rings is 1. The summed E-state index contributed by atoms with van der Waals surface area (Å²) in [5.74, 6) is 0.971. The summed E-state index contributed by atoms with van der Waals surface area (Å²) in [6.45, 7) is 6.96. The fraction of sp³-hybridized carbons (Fsp3) is 0.500. The molecule has 1 aromatic carbocycles. The third-order valence-electron chi connectivity index (χ3n) is 5.33. The Morgan fingerprint density at radius 3 is 2.52 bits per heavy atom. The molecule has 1 N–H and O–H groups in total. The number of rotatable bonds is 7. The highest BCUT2D eigenvalue weighted by Crippen LogP contribution is 2.25. The largest absolute Gasteiger partial charge is 0.357 e. The van der Waals surface area contributed by atoms with Crippen molar-refractivity contribution in [2.24, 2.45) is 12.0 Å². The molecule has 0 aliphatic carbocycles. The molecule has 0 radical (unpaired) electrons. The van der Waals surface area contributed by atoms with Crippen LogP contribution in [0.1, 0.15) is 37.1 Å². The van der Waals surface area contributed by atoms with Gasteiger partial charge >= 0.3 is 0 Å². The van der Waals surface area contributed by atoms with Crippen LogP contribution in [-0.4, -0.2) is 53.6 Å². The molecule has 2 heterocycles. The molecular formula is C22H33N5. The topological polar surface area (TPSA) is 35.8 Å². The van der Waals surface area contributed by atoms with Gasteiger partial charge in [0.25, 0.3) is 0 Å². The summed E-state index contributed by atoms with van der Waals surface area (Å²) >= 11 is 0. The minimum atomic E-state index is 0.353. The van der Waals surface area contributed by atoms with Crippen LogP contribution in [0.2, 0.25) is 0 Å². The highest BCUT2D eigenvalue weighted by atomic mass is 15.3. The van der Waals surface area contributed by atoms with Gasteiger partial charge < -0.3 is 14.8 Å². The van der Waals surface area contributed by atoms with Crippen molar-refractivity contribution < 1.29 is 0 Å². The summed E-state index contributed by atoms with van der Waals surface area (Å²) < 4.78 is 2.16. The van der Waals surface area contributed by atoms with Crippen molar-refractivity contribution in [3.8, 4) is 0 Å². The maximum absolute atomic E-state index is 5.03. The lowest BCUT2D eigenvalue weighted by Crippen LogP contribution is -2.39. The second-order valence-corrected chi connectivity index (χ2v) is 7.33. The van der Waals surface area contributed by atoms with Gasteiger partial charge in [0.1, 0.15) is 0 Å². The number of nitrogens with zero attached hydrogens (tertiary/aromatic N) is 4. The molecule has 5 nitrogen and oxygen atoms in total. The van der Waals surface area contributed by atoms with Gasteiger partial charge in [0, 0.05) is 32.5 Å². The summed E-state index contributed by atoms with van der Waals surface area (Å²) in [6.07, 6.45) is 4.67. The average Bonchev–Trinajstić information content (AvgIpc) is 3.34. The standard InChI is InChI=1S/C22H33N5/c1-4-23-22(26(3)18-20-13-10-14-25(20)2)24-17-21(27-15-8-9-16-27)19-11-6-5-7-12-19/h5-7,10-14,21H,4,8-9,15-18H2,1-3H3,(H,23,24). The molecule has 146 valence electrons. The van der Waals surface area contributed by atoms with Gasteiger partial charge in [0.15, 0.2) is 5.96 Å².